The zero-order valence-corrected chi connectivity index (χ0v) is 21.9. The Morgan fingerprint density at radius 2 is 1.25 bits per heavy atom. The van der Waals surface area contributed by atoms with Crippen molar-refractivity contribution in [2.24, 2.45) is 5.73 Å². The number of nitrogens with zero attached hydrogens (tertiary/aromatic N) is 1. The summed E-state index contributed by atoms with van der Waals surface area (Å²) in [5.41, 5.74) is 5.34. The van der Waals surface area contributed by atoms with Crippen molar-refractivity contribution in [3.05, 3.63) is 91.0 Å². The minimum absolute atomic E-state index is 0.0499. The molecule has 0 fully saturated rings. The SMILES string of the molecule is CN(CC(=O)NCCOCCOCC[PH](c1ccccc1)(c1ccccc1)c1ccccc1)C(=N)N. The number of likely N-dealkylation sites (N-methyl/N-ethyl adjacent to an activating group) is 1. The fraction of sp³-hybridized carbons (Fsp3) is 0.286. The van der Waals surface area contributed by atoms with Crippen molar-refractivity contribution in [2.75, 3.05) is 52.7 Å². The van der Waals surface area contributed by atoms with E-state index < -0.39 is 7.26 Å². The normalized spacial score (nSPS) is 11.6. The molecule has 0 atom stereocenters. The number of carbonyl (C=O) groups is 1. The van der Waals surface area contributed by atoms with Crippen LogP contribution in [0.3, 0.4) is 0 Å². The first-order valence-corrected chi connectivity index (χ1v) is 14.4. The van der Waals surface area contributed by atoms with Crippen molar-refractivity contribution in [1.29, 1.82) is 5.41 Å². The Hall–Kier alpha value is -3.25. The van der Waals surface area contributed by atoms with Gasteiger partial charge in [-0.25, -0.2) is 0 Å². The molecule has 8 heteroatoms. The van der Waals surface area contributed by atoms with Gasteiger partial charge < -0.3 is 5.73 Å². The number of ether oxygens (including phenoxy) is 2. The first-order valence-electron chi connectivity index (χ1n) is 12.2. The second-order valence-corrected chi connectivity index (χ2v) is 12.6. The van der Waals surface area contributed by atoms with Crippen molar-refractivity contribution >= 4 is 35.0 Å². The van der Waals surface area contributed by atoms with Gasteiger partial charge >= 0.3 is 190 Å². The summed E-state index contributed by atoms with van der Waals surface area (Å²) in [4.78, 5) is 13.2. The van der Waals surface area contributed by atoms with Gasteiger partial charge in [0.2, 0.25) is 0 Å². The van der Waals surface area contributed by atoms with Gasteiger partial charge in [-0.3, -0.25) is 5.41 Å². The maximum Gasteiger partial charge on any atom is 0.188 e. The second kappa shape index (κ2) is 14.3. The number of hydrogen-bond donors (Lipinski definition) is 3. The zero-order chi connectivity index (χ0) is 25.6. The maximum absolute atomic E-state index is 11.8. The van der Waals surface area contributed by atoms with E-state index in [0.29, 0.717) is 33.0 Å². The van der Waals surface area contributed by atoms with Crippen molar-refractivity contribution in [2.45, 2.75) is 0 Å². The average molecular weight is 509 g/mol. The van der Waals surface area contributed by atoms with E-state index >= 15 is 0 Å². The van der Waals surface area contributed by atoms with Gasteiger partial charge in [-0.05, 0) is 0 Å². The fourth-order valence-electron chi connectivity index (χ4n) is 4.27. The second-order valence-electron chi connectivity index (χ2n) is 8.57. The van der Waals surface area contributed by atoms with Crippen LogP contribution in [0.1, 0.15) is 0 Å². The van der Waals surface area contributed by atoms with Crippen LogP contribution >= 0.6 is 7.26 Å². The number of hydrogen-bond acceptors (Lipinski definition) is 4. The van der Waals surface area contributed by atoms with Crippen LogP contribution in [0.5, 0.6) is 0 Å². The van der Waals surface area contributed by atoms with Gasteiger partial charge in [-0.15, -0.1) is 0 Å². The van der Waals surface area contributed by atoms with E-state index in [2.05, 4.69) is 96.3 Å². The summed E-state index contributed by atoms with van der Waals surface area (Å²) in [6.07, 6.45) is 0.921. The van der Waals surface area contributed by atoms with E-state index in [1.54, 1.807) is 7.05 Å². The summed E-state index contributed by atoms with van der Waals surface area (Å²) in [5, 5.41) is 14.1. The van der Waals surface area contributed by atoms with E-state index in [1.165, 1.54) is 20.8 Å². The average Bonchev–Trinajstić information content (AvgIpc) is 2.91. The molecule has 0 bridgehead atoms. The molecule has 7 nitrogen and oxygen atoms in total. The first-order chi connectivity index (χ1) is 17.5. The molecule has 192 valence electrons. The molecule has 0 aliphatic heterocycles. The molecule has 0 saturated carbocycles. The molecule has 0 aromatic heterocycles. The van der Waals surface area contributed by atoms with Crippen LogP contribution in [0.2, 0.25) is 0 Å². The third kappa shape index (κ3) is 7.62. The summed E-state index contributed by atoms with van der Waals surface area (Å²) in [6, 6.07) is 32.4. The molecule has 1 amide bonds. The van der Waals surface area contributed by atoms with Gasteiger partial charge in [0.05, 0.1) is 0 Å². The van der Waals surface area contributed by atoms with Gasteiger partial charge in [0.25, 0.3) is 0 Å². The maximum atomic E-state index is 11.8. The minimum Gasteiger partial charge on any atom is -0.370 e. The third-order valence-corrected chi connectivity index (χ3v) is 11.1. The van der Waals surface area contributed by atoms with E-state index in [0.717, 1.165) is 6.16 Å². The Kier molecular flexibility index (Phi) is 10.9. The molecule has 3 aromatic rings. The van der Waals surface area contributed by atoms with Gasteiger partial charge in [0.1, 0.15) is 0 Å². The van der Waals surface area contributed by atoms with E-state index in [4.69, 9.17) is 20.6 Å². The Balaban J connectivity index is 1.54. The van der Waals surface area contributed by atoms with Crippen LogP contribution in [0.4, 0.5) is 0 Å². The van der Waals surface area contributed by atoms with Crippen molar-refractivity contribution in [1.82, 2.24) is 10.2 Å². The monoisotopic (exact) mass is 508 g/mol. The molecule has 0 spiro atoms. The minimum atomic E-state index is -2.28. The Bertz CT molecular complexity index is 971. The number of amides is 1. The van der Waals surface area contributed by atoms with Gasteiger partial charge in [0, 0.05) is 7.05 Å². The number of nitrogens with two attached hydrogens (primary N) is 1. The molecular weight excluding hydrogens is 471 g/mol. The molecule has 3 aromatic carbocycles. The predicted molar refractivity (Wildman–Crippen MR) is 151 cm³/mol. The van der Waals surface area contributed by atoms with Crippen LogP contribution in [-0.4, -0.2) is 69.5 Å². The number of nitrogens with one attached hydrogen (secondary N) is 2. The summed E-state index contributed by atoms with van der Waals surface area (Å²) in [5.74, 6) is -0.339. The van der Waals surface area contributed by atoms with E-state index in [1.807, 2.05) is 0 Å². The largest absolute Gasteiger partial charge is 0.370 e. The third-order valence-electron chi connectivity index (χ3n) is 6.15. The molecule has 0 radical (unpaired) electrons. The summed E-state index contributed by atoms with van der Waals surface area (Å²) in [6.45, 7) is 2.42. The van der Waals surface area contributed by atoms with E-state index in [9.17, 15) is 4.79 Å². The van der Waals surface area contributed by atoms with Gasteiger partial charge in [0.15, 0.2) is 5.96 Å². The van der Waals surface area contributed by atoms with Crippen LogP contribution in [0.15, 0.2) is 91.0 Å². The van der Waals surface area contributed by atoms with Crippen LogP contribution in [-0.2, 0) is 14.3 Å². The van der Waals surface area contributed by atoms with Gasteiger partial charge in [-0.1, -0.05) is 0 Å². The number of guanidine groups is 1. The predicted octanol–water partition coefficient (Wildman–Crippen LogP) is 1.69. The van der Waals surface area contributed by atoms with Crippen LogP contribution in [0.25, 0.3) is 0 Å². The number of rotatable bonds is 14. The molecule has 0 aliphatic carbocycles. The van der Waals surface area contributed by atoms with Crippen molar-refractivity contribution in [3.63, 3.8) is 0 Å². The standard InChI is InChI=1S/C28H37N4O3P/c1-32(28(29)30)23-27(33)31-17-18-34-19-20-35-21-22-36(24-11-5-2-6-12-24,25-13-7-3-8-14-25)26-15-9-4-10-16-26/h2-16,36H,17-23H2,1H3,(H3,29,30)(H,31,33). The number of carbonyl (C=O) groups excluding carboxylic acids is 1. The van der Waals surface area contributed by atoms with E-state index in [-0.39, 0.29) is 18.4 Å². The summed E-state index contributed by atoms with van der Waals surface area (Å²) >= 11 is 0. The molecular formula is C28H37N4O3P. The fourth-order valence-corrected chi connectivity index (χ4v) is 8.87. The smallest absolute Gasteiger partial charge is 0.188 e. The van der Waals surface area contributed by atoms with Crippen molar-refractivity contribution in [3.8, 4) is 0 Å². The Morgan fingerprint density at radius 1 is 0.806 bits per heavy atom. The molecule has 0 aliphatic rings. The quantitative estimate of drug-likeness (QED) is 0.133. The molecule has 4 N–H and O–H groups in total. The zero-order valence-electron chi connectivity index (χ0n) is 20.9. The summed E-state index contributed by atoms with van der Waals surface area (Å²) < 4.78 is 11.7. The van der Waals surface area contributed by atoms with Crippen molar-refractivity contribution < 1.29 is 14.3 Å². The molecule has 36 heavy (non-hydrogen) atoms. The van der Waals surface area contributed by atoms with Crippen LogP contribution in [0, 0.1) is 5.41 Å². The number of benzene rings is 3. The molecule has 3 rings (SSSR count). The van der Waals surface area contributed by atoms with Gasteiger partial charge in [-0.2, -0.15) is 0 Å². The summed E-state index contributed by atoms with van der Waals surface area (Å²) in [7, 11) is -0.683. The Morgan fingerprint density at radius 3 is 1.69 bits per heavy atom. The molecule has 0 heterocycles. The molecule has 0 unspecified atom stereocenters. The topological polar surface area (TPSA) is 101 Å². The Labute approximate surface area is 214 Å². The molecule has 0 saturated heterocycles. The first kappa shape index (κ1) is 27.3. The van der Waals surface area contributed by atoms with Crippen LogP contribution < -0.4 is 27.0 Å².